The molecule has 1 aliphatic rings. The Morgan fingerprint density at radius 3 is 2.33 bits per heavy atom. The average molecular weight is 134 g/mol. The van der Waals surface area contributed by atoms with Crippen LogP contribution in [0.5, 0.6) is 0 Å². The molecule has 1 rings (SSSR count). The Morgan fingerprint density at radius 2 is 1.89 bits per heavy atom. The molecule has 2 N–H and O–H groups in total. The highest BCUT2D eigenvalue weighted by molar-refractivity contribution is 4.58. The first kappa shape index (κ1) is 6.95. The first-order valence-electron chi connectivity index (χ1n) is 2.85. The molecule has 1 saturated heterocycles. The van der Waals surface area contributed by atoms with Crippen LogP contribution in [0.3, 0.4) is 0 Å². The summed E-state index contributed by atoms with van der Waals surface area (Å²) < 4.78 is 9.63. The molecule has 1 fully saturated rings. The second-order valence-electron chi connectivity index (χ2n) is 1.93. The van der Waals surface area contributed by atoms with Crippen molar-refractivity contribution in [3.8, 4) is 0 Å². The molecule has 0 atom stereocenters. The molecule has 1 aliphatic heterocycles. The molecule has 54 valence electrons. The number of rotatable bonds is 1. The summed E-state index contributed by atoms with van der Waals surface area (Å²) in [6, 6.07) is 0. The van der Waals surface area contributed by atoms with Crippen molar-refractivity contribution in [3.05, 3.63) is 0 Å². The van der Waals surface area contributed by atoms with Gasteiger partial charge in [-0.1, -0.05) is 0 Å². The highest BCUT2D eigenvalue weighted by Crippen LogP contribution is 2.03. The molecule has 0 radical (unpaired) electrons. The molecule has 0 unspecified atom stereocenters. The quantitative estimate of drug-likeness (QED) is 0.468. The molecule has 0 amide bonds. The van der Waals surface area contributed by atoms with E-state index in [4.69, 9.17) is 19.7 Å². The highest BCUT2D eigenvalue weighted by atomic mass is 16.7. The van der Waals surface area contributed by atoms with Crippen molar-refractivity contribution in [2.24, 2.45) is 0 Å². The second kappa shape index (κ2) is 3.12. The average Bonchev–Trinajstić information content (AvgIpc) is 1.90. The van der Waals surface area contributed by atoms with E-state index < -0.39 is 12.4 Å². The molecule has 4 nitrogen and oxygen atoms in total. The molecular formula is C5H10O4. The molecule has 4 heteroatoms. The number of hydrogen-bond donors (Lipinski definition) is 2. The predicted molar refractivity (Wildman–Crippen MR) is 28.8 cm³/mol. The lowest BCUT2D eigenvalue weighted by Crippen LogP contribution is -2.37. The van der Waals surface area contributed by atoms with Crippen molar-refractivity contribution in [2.45, 2.75) is 12.4 Å². The predicted octanol–water partition coefficient (Wildman–Crippen LogP) is -1.29. The summed E-state index contributed by atoms with van der Waals surface area (Å²) in [6.07, 6.45) is -1.07. The van der Waals surface area contributed by atoms with Crippen molar-refractivity contribution < 1.29 is 19.7 Å². The Labute approximate surface area is 53.0 Å². The molecule has 0 aromatic rings. The highest BCUT2D eigenvalue weighted by Gasteiger charge is 2.18. The van der Waals surface area contributed by atoms with Gasteiger partial charge >= 0.3 is 0 Å². The van der Waals surface area contributed by atoms with Gasteiger partial charge in [0, 0.05) is 0 Å². The summed E-state index contributed by atoms with van der Waals surface area (Å²) in [5, 5.41) is 17.2. The zero-order chi connectivity index (χ0) is 6.69. The van der Waals surface area contributed by atoms with Crippen LogP contribution in [-0.2, 0) is 9.47 Å². The van der Waals surface area contributed by atoms with Crippen molar-refractivity contribution in [1.29, 1.82) is 0 Å². The van der Waals surface area contributed by atoms with Gasteiger partial charge in [0.2, 0.25) is 0 Å². The van der Waals surface area contributed by atoms with Crippen LogP contribution in [0, 0.1) is 0 Å². The minimum atomic E-state index is -0.534. The Kier molecular flexibility index (Phi) is 2.41. The number of ether oxygens (including phenoxy) is 2. The van der Waals surface area contributed by atoms with E-state index in [9.17, 15) is 0 Å². The van der Waals surface area contributed by atoms with E-state index in [0.29, 0.717) is 0 Å². The van der Waals surface area contributed by atoms with Crippen LogP contribution in [0.1, 0.15) is 0 Å². The smallest absolute Gasteiger partial charge is 0.180 e. The third-order valence-corrected chi connectivity index (χ3v) is 1.10. The van der Waals surface area contributed by atoms with Crippen LogP contribution < -0.4 is 0 Å². The Morgan fingerprint density at radius 1 is 1.33 bits per heavy atom. The van der Waals surface area contributed by atoms with Gasteiger partial charge in [-0.25, -0.2) is 0 Å². The van der Waals surface area contributed by atoms with Gasteiger partial charge in [-0.05, 0) is 0 Å². The van der Waals surface area contributed by atoms with Gasteiger partial charge in [0.05, 0.1) is 19.8 Å². The largest absolute Gasteiger partial charge is 0.391 e. The fraction of sp³-hybridized carbons (Fsp3) is 1.00. The van der Waals surface area contributed by atoms with Gasteiger partial charge in [-0.2, -0.15) is 0 Å². The molecule has 0 spiro atoms. The number of aliphatic hydroxyl groups excluding tert-OH is 2. The van der Waals surface area contributed by atoms with E-state index in [1.165, 1.54) is 0 Å². The zero-order valence-electron chi connectivity index (χ0n) is 4.99. The number of hydrogen-bond acceptors (Lipinski definition) is 4. The molecule has 9 heavy (non-hydrogen) atoms. The van der Waals surface area contributed by atoms with Gasteiger partial charge < -0.3 is 19.7 Å². The van der Waals surface area contributed by atoms with Crippen LogP contribution in [0.15, 0.2) is 0 Å². The third kappa shape index (κ3) is 1.91. The van der Waals surface area contributed by atoms with Crippen molar-refractivity contribution in [2.75, 3.05) is 19.8 Å². The lowest BCUT2D eigenvalue weighted by Gasteiger charge is -2.24. The lowest BCUT2D eigenvalue weighted by molar-refractivity contribution is -0.228. The molecule has 0 aliphatic carbocycles. The van der Waals surface area contributed by atoms with Crippen molar-refractivity contribution in [3.63, 3.8) is 0 Å². The maximum absolute atomic E-state index is 8.79. The van der Waals surface area contributed by atoms with Gasteiger partial charge in [-0.15, -0.1) is 0 Å². The summed E-state index contributed by atoms with van der Waals surface area (Å²) in [4.78, 5) is 0. The summed E-state index contributed by atoms with van der Waals surface area (Å²) >= 11 is 0. The fourth-order valence-electron chi connectivity index (χ4n) is 0.638. The van der Waals surface area contributed by atoms with Crippen molar-refractivity contribution >= 4 is 0 Å². The normalized spacial score (nSPS) is 36.7. The molecule has 1 heterocycles. The Balaban J connectivity index is 2.18. The van der Waals surface area contributed by atoms with Crippen LogP contribution in [0.2, 0.25) is 0 Å². The fourth-order valence-corrected chi connectivity index (χ4v) is 0.638. The minimum absolute atomic E-state index is 0.146. The first-order valence-corrected chi connectivity index (χ1v) is 2.85. The summed E-state index contributed by atoms with van der Waals surface area (Å²) in [5.74, 6) is 0. The maximum Gasteiger partial charge on any atom is 0.180 e. The Bertz CT molecular complexity index is 77.0. The third-order valence-electron chi connectivity index (χ3n) is 1.10. The monoisotopic (exact) mass is 134 g/mol. The van der Waals surface area contributed by atoms with E-state index in [1.54, 1.807) is 0 Å². The summed E-state index contributed by atoms with van der Waals surface area (Å²) in [5.41, 5.74) is 0. The molecule has 0 saturated carbocycles. The first-order chi connectivity index (χ1) is 4.33. The zero-order valence-corrected chi connectivity index (χ0v) is 4.99. The Hall–Kier alpha value is -0.160. The van der Waals surface area contributed by atoms with E-state index >= 15 is 0 Å². The molecule has 0 aromatic carbocycles. The van der Waals surface area contributed by atoms with Crippen LogP contribution in [0.4, 0.5) is 0 Å². The van der Waals surface area contributed by atoms with Crippen LogP contribution >= 0.6 is 0 Å². The number of aliphatic hydroxyl groups is 2. The van der Waals surface area contributed by atoms with Crippen LogP contribution in [-0.4, -0.2) is 42.4 Å². The SMILES string of the molecule is OCC1OCC(O)CO1. The summed E-state index contributed by atoms with van der Waals surface area (Å²) in [6.45, 7) is 0.364. The standard InChI is InChI=1S/C5H10O4/c6-1-5-8-2-4(7)3-9-5/h4-7H,1-3H2. The minimum Gasteiger partial charge on any atom is -0.391 e. The van der Waals surface area contributed by atoms with Crippen LogP contribution in [0.25, 0.3) is 0 Å². The van der Waals surface area contributed by atoms with Gasteiger partial charge in [-0.3, -0.25) is 0 Å². The lowest BCUT2D eigenvalue weighted by atomic mass is 10.4. The molecule has 0 aromatic heterocycles. The molecular weight excluding hydrogens is 124 g/mol. The van der Waals surface area contributed by atoms with Gasteiger partial charge in [0.15, 0.2) is 6.29 Å². The second-order valence-corrected chi connectivity index (χ2v) is 1.93. The van der Waals surface area contributed by atoms with Gasteiger partial charge in [0.1, 0.15) is 6.10 Å². The maximum atomic E-state index is 8.79. The van der Waals surface area contributed by atoms with E-state index in [0.717, 1.165) is 0 Å². The topological polar surface area (TPSA) is 58.9 Å². The van der Waals surface area contributed by atoms with E-state index in [2.05, 4.69) is 0 Å². The van der Waals surface area contributed by atoms with E-state index in [-0.39, 0.29) is 19.8 Å². The van der Waals surface area contributed by atoms with Gasteiger partial charge in [0.25, 0.3) is 0 Å². The molecule has 0 bridgehead atoms. The van der Waals surface area contributed by atoms with E-state index in [1.807, 2.05) is 0 Å². The summed E-state index contributed by atoms with van der Waals surface area (Å²) in [7, 11) is 0. The van der Waals surface area contributed by atoms with Crippen molar-refractivity contribution in [1.82, 2.24) is 0 Å².